The Morgan fingerprint density at radius 3 is 2.50 bits per heavy atom. The molecule has 18 heavy (non-hydrogen) atoms. The minimum absolute atomic E-state index is 0.330. The van der Waals surface area contributed by atoms with E-state index in [1.807, 2.05) is 14.0 Å². The third kappa shape index (κ3) is 2.57. The van der Waals surface area contributed by atoms with Crippen LogP contribution in [0.25, 0.3) is 11.1 Å². The van der Waals surface area contributed by atoms with Crippen molar-refractivity contribution in [1.29, 1.82) is 0 Å². The van der Waals surface area contributed by atoms with Gasteiger partial charge in [-0.25, -0.2) is 8.78 Å². The zero-order chi connectivity index (χ0) is 13.1. The van der Waals surface area contributed by atoms with Gasteiger partial charge in [0.05, 0.1) is 0 Å². The van der Waals surface area contributed by atoms with Crippen LogP contribution < -0.4 is 5.32 Å². The quantitative estimate of drug-likeness (QED) is 0.872. The Bertz CT molecular complexity index is 564. The van der Waals surface area contributed by atoms with Crippen LogP contribution in [0, 0.1) is 18.6 Å². The monoisotopic (exact) mass is 247 g/mol. The molecule has 0 heterocycles. The molecule has 94 valence electrons. The van der Waals surface area contributed by atoms with E-state index in [4.69, 9.17) is 0 Å². The molecule has 0 aliphatic carbocycles. The molecule has 2 rings (SSSR count). The van der Waals surface area contributed by atoms with Gasteiger partial charge in [0.25, 0.3) is 0 Å². The maximum absolute atomic E-state index is 13.9. The van der Waals surface area contributed by atoms with Crippen LogP contribution >= 0.6 is 0 Å². The molecule has 3 heteroatoms. The third-order valence-corrected chi connectivity index (χ3v) is 2.90. The smallest absolute Gasteiger partial charge is 0.131 e. The zero-order valence-electron chi connectivity index (χ0n) is 10.4. The highest BCUT2D eigenvalue weighted by atomic mass is 19.1. The van der Waals surface area contributed by atoms with Gasteiger partial charge in [-0.3, -0.25) is 0 Å². The van der Waals surface area contributed by atoms with Crippen LogP contribution in [0.2, 0.25) is 0 Å². The molecule has 0 spiro atoms. The van der Waals surface area contributed by atoms with E-state index in [1.54, 1.807) is 18.2 Å². The fraction of sp³-hybridized carbons (Fsp3) is 0.200. The van der Waals surface area contributed by atoms with Gasteiger partial charge >= 0.3 is 0 Å². The van der Waals surface area contributed by atoms with Crippen LogP contribution in [0.3, 0.4) is 0 Å². The van der Waals surface area contributed by atoms with E-state index in [0.717, 1.165) is 11.1 Å². The summed E-state index contributed by atoms with van der Waals surface area (Å²) in [5.41, 5.74) is 2.87. The van der Waals surface area contributed by atoms with Crippen molar-refractivity contribution in [1.82, 2.24) is 5.32 Å². The Morgan fingerprint density at radius 1 is 1.00 bits per heavy atom. The van der Waals surface area contributed by atoms with Gasteiger partial charge in [-0.2, -0.15) is 0 Å². The van der Waals surface area contributed by atoms with Crippen LogP contribution in [0.15, 0.2) is 36.4 Å². The molecule has 0 aliphatic rings. The van der Waals surface area contributed by atoms with Crippen molar-refractivity contribution in [3.8, 4) is 11.1 Å². The molecule has 0 aromatic heterocycles. The molecule has 0 aliphatic heterocycles. The molecule has 1 N–H and O–H groups in total. The Labute approximate surface area is 105 Å². The van der Waals surface area contributed by atoms with Crippen molar-refractivity contribution >= 4 is 0 Å². The van der Waals surface area contributed by atoms with E-state index in [-0.39, 0.29) is 11.6 Å². The van der Waals surface area contributed by atoms with Gasteiger partial charge in [0.1, 0.15) is 11.6 Å². The molecule has 0 saturated heterocycles. The molecule has 0 saturated carbocycles. The number of nitrogens with one attached hydrogen (secondary N) is 1. The first-order valence-electron chi connectivity index (χ1n) is 5.81. The van der Waals surface area contributed by atoms with E-state index >= 15 is 0 Å². The summed E-state index contributed by atoms with van der Waals surface area (Å²) in [5, 5.41) is 3.01. The Kier molecular flexibility index (Phi) is 3.72. The molecule has 0 fully saturated rings. The van der Waals surface area contributed by atoms with E-state index < -0.39 is 0 Å². The van der Waals surface area contributed by atoms with Crippen LogP contribution in [0.5, 0.6) is 0 Å². The lowest BCUT2D eigenvalue weighted by Gasteiger charge is -2.10. The molecular formula is C15H15F2N. The summed E-state index contributed by atoms with van der Waals surface area (Å²) in [6.07, 6.45) is 0. The normalized spacial score (nSPS) is 10.7. The first-order valence-corrected chi connectivity index (χ1v) is 5.81. The van der Waals surface area contributed by atoms with Crippen molar-refractivity contribution in [2.75, 3.05) is 7.05 Å². The van der Waals surface area contributed by atoms with Crippen LogP contribution in [-0.2, 0) is 6.54 Å². The topological polar surface area (TPSA) is 12.0 Å². The minimum atomic E-state index is -0.353. The minimum Gasteiger partial charge on any atom is -0.316 e. The Morgan fingerprint density at radius 2 is 1.78 bits per heavy atom. The van der Waals surface area contributed by atoms with Crippen LogP contribution in [-0.4, -0.2) is 7.05 Å². The average molecular weight is 247 g/mol. The summed E-state index contributed by atoms with van der Waals surface area (Å²) in [6, 6.07) is 9.32. The highest BCUT2D eigenvalue weighted by Crippen LogP contribution is 2.27. The molecule has 0 unspecified atom stereocenters. The van der Waals surface area contributed by atoms with E-state index in [1.165, 1.54) is 18.2 Å². The van der Waals surface area contributed by atoms with Crippen molar-refractivity contribution in [3.05, 3.63) is 59.2 Å². The number of halogens is 2. The zero-order valence-corrected chi connectivity index (χ0v) is 10.4. The first-order chi connectivity index (χ1) is 8.61. The second-order valence-corrected chi connectivity index (χ2v) is 4.30. The number of rotatable bonds is 3. The summed E-state index contributed by atoms with van der Waals surface area (Å²) in [7, 11) is 1.83. The fourth-order valence-electron chi connectivity index (χ4n) is 1.98. The third-order valence-electron chi connectivity index (χ3n) is 2.90. The Hall–Kier alpha value is -1.74. The number of hydrogen-bond acceptors (Lipinski definition) is 1. The van der Waals surface area contributed by atoms with Gasteiger partial charge in [-0.05, 0) is 54.9 Å². The lowest BCUT2D eigenvalue weighted by atomic mass is 9.98. The van der Waals surface area contributed by atoms with Gasteiger partial charge in [0.2, 0.25) is 0 Å². The fourth-order valence-corrected chi connectivity index (χ4v) is 1.98. The first kappa shape index (κ1) is 12.7. The molecule has 2 aromatic carbocycles. The second-order valence-electron chi connectivity index (χ2n) is 4.30. The van der Waals surface area contributed by atoms with Gasteiger partial charge in [-0.15, -0.1) is 0 Å². The van der Waals surface area contributed by atoms with Crippen molar-refractivity contribution < 1.29 is 8.78 Å². The number of benzene rings is 2. The van der Waals surface area contributed by atoms with Gasteiger partial charge in [0.15, 0.2) is 0 Å². The van der Waals surface area contributed by atoms with E-state index in [9.17, 15) is 8.78 Å². The lowest BCUT2D eigenvalue weighted by Crippen LogP contribution is -2.05. The molecule has 1 nitrogen and oxygen atoms in total. The summed E-state index contributed by atoms with van der Waals surface area (Å²) < 4.78 is 27.1. The summed E-state index contributed by atoms with van der Waals surface area (Å²) >= 11 is 0. The van der Waals surface area contributed by atoms with Gasteiger partial charge in [0, 0.05) is 12.1 Å². The molecule has 0 atom stereocenters. The van der Waals surface area contributed by atoms with Crippen LogP contribution in [0.1, 0.15) is 11.1 Å². The second kappa shape index (κ2) is 5.27. The standard InChI is InChI=1S/C15H15F2N/c1-10-3-5-12(16)8-13(10)14-7-11(9-18-2)4-6-15(14)17/h3-8,18H,9H2,1-2H3. The maximum Gasteiger partial charge on any atom is 0.131 e. The highest BCUT2D eigenvalue weighted by Gasteiger charge is 2.09. The lowest BCUT2D eigenvalue weighted by molar-refractivity contribution is 0.623. The summed E-state index contributed by atoms with van der Waals surface area (Å²) in [5.74, 6) is -0.683. The van der Waals surface area contributed by atoms with Gasteiger partial charge in [-0.1, -0.05) is 12.1 Å². The molecule has 0 bridgehead atoms. The number of hydrogen-bond donors (Lipinski definition) is 1. The average Bonchev–Trinajstić information content (AvgIpc) is 2.35. The number of aryl methyl sites for hydroxylation is 1. The largest absolute Gasteiger partial charge is 0.316 e. The SMILES string of the molecule is CNCc1ccc(F)c(-c2cc(F)ccc2C)c1. The van der Waals surface area contributed by atoms with Crippen molar-refractivity contribution in [2.24, 2.45) is 0 Å². The van der Waals surface area contributed by atoms with E-state index in [2.05, 4.69) is 5.32 Å². The Balaban J connectivity index is 2.55. The maximum atomic E-state index is 13.9. The molecule has 0 amide bonds. The van der Waals surface area contributed by atoms with E-state index in [0.29, 0.717) is 17.7 Å². The molecule has 2 aromatic rings. The summed E-state index contributed by atoms with van der Waals surface area (Å²) in [4.78, 5) is 0. The molecular weight excluding hydrogens is 232 g/mol. The highest BCUT2D eigenvalue weighted by molar-refractivity contribution is 5.68. The van der Waals surface area contributed by atoms with Gasteiger partial charge < -0.3 is 5.32 Å². The van der Waals surface area contributed by atoms with Crippen LogP contribution in [0.4, 0.5) is 8.78 Å². The van der Waals surface area contributed by atoms with Crippen molar-refractivity contribution in [2.45, 2.75) is 13.5 Å². The molecule has 0 radical (unpaired) electrons. The predicted octanol–water partition coefficient (Wildman–Crippen LogP) is 3.66. The predicted molar refractivity (Wildman–Crippen MR) is 69.3 cm³/mol. The van der Waals surface area contributed by atoms with Crippen molar-refractivity contribution in [3.63, 3.8) is 0 Å². The summed E-state index contributed by atoms with van der Waals surface area (Å²) in [6.45, 7) is 2.50.